The van der Waals surface area contributed by atoms with Crippen molar-refractivity contribution in [3.8, 4) is 5.75 Å². The number of methoxy groups -OCH3 is 1. The Kier molecular flexibility index (Phi) is 8.84. The molecule has 0 saturated heterocycles. The van der Waals surface area contributed by atoms with Gasteiger partial charge < -0.3 is 15.4 Å². The van der Waals surface area contributed by atoms with Crippen LogP contribution in [0.3, 0.4) is 0 Å². The van der Waals surface area contributed by atoms with Crippen LogP contribution in [0.15, 0.2) is 27.8 Å². The minimum absolute atomic E-state index is 0.0343. The molecule has 0 aliphatic carbocycles. The summed E-state index contributed by atoms with van der Waals surface area (Å²) in [5, 5.41) is 0. The molecule has 0 unspecified atom stereocenters. The molecule has 0 spiro atoms. The van der Waals surface area contributed by atoms with Gasteiger partial charge in [-0.2, -0.15) is 0 Å². The van der Waals surface area contributed by atoms with Crippen molar-refractivity contribution in [3.05, 3.63) is 50.4 Å². The summed E-state index contributed by atoms with van der Waals surface area (Å²) in [6.07, 6.45) is 3.85. The Morgan fingerprint density at radius 3 is 2.52 bits per heavy atom. The van der Waals surface area contributed by atoms with Crippen LogP contribution in [0.1, 0.15) is 51.5 Å². The maximum absolute atomic E-state index is 14.1. The predicted octanol–water partition coefficient (Wildman–Crippen LogP) is 2.83. The molecule has 9 heteroatoms. The molecule has 0 aliphatic heterocycles. The molecule has 8 nitrogen and oxygen atoms in total. The van der Waals surface area contributed by atoms with E-state index in [2.05, 4.69) is 4.98 Å². The number of aromatic nitrogens is 2. The van der Waals surface area contributed by atoms with Gasteiger partial charge in [0.1, 0.15) is 5.82 Å². The topological polar surface area (TPSA) is 110 Å². The van der Waals surface area contributed by atoms with Gasteiger partial charge >= 0.3 is 5.69 Å². The third kappa shape index (κ3) is 5.96. The minimum atomic E-state index is -0.707. The number of amides is 1. The van der Waals surface area contributed by atoms with Gasteiger partial charge in [-0.3, -0.25) is 19.1 Å². The maximum Gasteiger partial charge on any atom is 0.330 e. The van der Waals surface area contributed by atoms with Gasteiger partial charge in [-0.15, -0.1) is 0 Å². The van der Waals surface area contributed by atoms with E-state index in [1.807, 2.05) is 13.8 Å². The van der Waals surface area contributed by atoms with Gasteiger partial charge in [0.05, 0.1) is 13.5 Å². The number of unbranched alkanes of at least 4 members (excludes halogenated alkanes) is 3. The number of nitrogens with zero attached hydrogens (tertiary/aromatic N) is 2. The number of hydrogen-bond donors (Lipinski definition) is 2. The first-order chi connectivity index (χ1) is 14.8. The van der Waals surface area contributed by atoms with Gasteiger partial charge in [-0.1, -0.05) is 39.2 Å². The highest BCUT2D eigenvalue weighted by Crippen LogP contribution is 2.22. The molecule has 1 heterocycles. The standard InChI is InChI=1S/C22H31FN4O4/c1-4-6-8-12-26(18(28)14-15-9-10-17(31-3)16(23)13-15)19-20(24)27(11-7-5-2)22(30)25-21(19)29/h9-10,13H,4-8,11-12,14,24H2,1-3H3,(H,25,29,30). The highest BCUT2D eigenvalue weighted by atomic mass is 19.1. The van der Waals surface area contributed by atoms with E-state index in [1.54, 1.807) is 6.07 Å². The number of carbonyl (C=O) groups excluding carboxylic acids is 1. The second-order valence-corrected chi connectivity index (χ2v) is 7.40. The summed E-state index contributed by atoms with van der Waals surface area (Å²) in [6.45, 7) is 4.61. The quantitative estimate of drug-likeness (QED) is 0.529. The van der Waals surface area contributed by atoms with Crippen molar-refractivity contribution in [1.29, 1.82) is 0 Å². The van der Waals surface area contributed by atoms with Crippen LogP contribution in [0.5, 0.6) is 5.75 Å². The molecule has 0 radical (unpaired) electrons. The molecule has 0 saturated carbocycles. The van der Waals surface area contributed by atoms with Crippen LogP contribution in [-0.4, -0.2) is 29.1 Å². The van der Waals surface area contributed by atoms with Crippen LogP contribution in [0.25, 0.3) is 0 Å². The first-order valence-corrected chi connectivity index (χ1v) is 10.6. The van der Waals surface area contributed by atoms with E-state index in [4.69, 9.17) is 10.5 Å². The normalized spacial score (nSPS) is 10.8. The van der Waals surface area contributed by atoms with Crippen LogP contribution < -0.4 is 26.6 Å². The largest absolute Gasteiger partial charge is 0.494 e. The highest BCUT2D eigenvalue weighted by Gasteiger charge is 2.24. The number of rotatable bonds is 11. The molecule has 2 rings (SSSR count). The summed E-state index contributed by atoms with van der Waals surface area (Å²) in [7, 11) is 1.36. The van der Waals surface area contributed by atoms with Crippen molar-refractivity contribution in [2.45, 2.75) is 58.9 Å². The van der Waals surface area contributed by atoms with E-state index >= 15 is 0 Å². The monoisotopic (exact) mass is 434 g/mol. The number of H-pyrrole nitrogens is 1. The summed E-state index contributed by atoms with van der Waals surface area (Å²) >= 11 is 0. The Bertz CT molecular complexity index is 1020. The van der Waals surface area contributed by atoms with Crippen LogP contribution in [0.2, 0.25) is 0 Å². The molecule has 170 valence electrons. The fourth-order valence-corrected chi connectivity index (χ4v) is 3.35. The lowest BCUT2D eigenvalue weighted by molar-refractivity contribution is -0.118. The number of aromatic amines is 1. The summed E-state index contributed by atoms with van der Waals surface area (Å²) in [5.41, 5.74) is 5.30. The molecular weight excluding hydrogens is 403 g/mol. The average Bonchev–Trinajstić information content (AvgIpc) is 2.72. The molecule has 3 N–H and O–H groups in total. The molecule has 0 aliphatic rings. The van der Waals surface area contributed by atoms with Gasteiger partial charge in [-0.25, -0.2) is 9.18 Å². The number of hydrogen-bond acceptors (Lipinski definition) is 5. The molecule has 1 aromatic heterocycles. The van der Waals surface area contributed by atoms with Gasteiger partial charge in [0.2, 0.25) is 5.91 Å². The van der Waals surface area contributed by atoms with Crippen molar-refractivity contribution in [1.82, 2.24) is 9.55 Å². The van der Waals surface area contributed by atoms with E-state index in [9.17, 15) is 18.8 Å². The predicted molar refractivity (Wildman–Crippen MR) is 119 cm³/mol. The molecule has 0 fully saturated rings. The van der Waals surface area contributed by atoms with Crippen molar-refractivity contribution in [2.75, 3.05) is 24.3 Å². The Hall–Kier alpha value is -3.10. The number of carbonyl (C=O) groups is 1. The molecule has 0 atom stereocenters. The lowest BCUT2D eigenvalue weighted by atomic mass is 10.1. The second kappa shape index (κ2) is 11.3. The number of benzene rings is 1. The molecule has 2 aromatic rings. The fraction of sp³-hybridized carbons (Fsp3) is 0.500. The zero-order chi connectivity index (χ0) is 23.0. The lowest BCUT2D eigenvalue weighted by Gasteiger charge is -2.25. The van der Waals surface area contributed by atoms with E-state index in [0.29, 0.717) is 24.9 Å². The fourth-order valence-electron chi connectivity index (χ4n) is 3.35. The number of nitrogens with two attached hydrogens (primary N) is 1. The summed E-state index contributed by atoms with van der Waals surface area (Å²) in [4.78, 5) is 41.6. The molecule has 1 amide bonds. The van der Waals surface area contributed by atoms with Crippen LogP contribution >= 0.6 is 0 Å². The molecule has 1 aromatic carbocycles. The first kappa shape index (κ1) is 24.2. The zero-order valence-electron chi connectivity index (χ0n) is 18.4. The number of nitrogens with one attached hydrogen (secondary N) is 1. The van der Waals surface area contributed by atoms with Gasteiger partial charge in [0, 0.05) is 13.1 Å². The third-order valence-electron chi connectivity index (χ3n) is 5.08. The number of anilines is 2. The smallest absolute Gasteiger partial charge is 0.330 e. The Labute approximate surface area is 180 Å². The summed E-state index contributed by atoms with van der Waals surface area (Å²) < 4.78 is 20.2. The van der Waals surface area contributed by atoms with E-state index in [1.165, 1.54) is 28.7 Å². The van der Waals surface area contributed by atoms with Crippen molar-refractivity contribution in [2.24, 2.45) is 0 Å². The minimum Gasteiger partial charge on any atom is -0.494 e. The second-order valence-electron chi connectivity index (χ2n) is 7.40. The van der Waals surface area contributed by atoms with Crippen molar-refractivity contribution < 1.29 is 13.9 Å². The lowest BCUT2D eigenvalue weighted by Crippen LogP contribution is -2.42. The average molecular weight is 435 g/mol. The van der Waals surface area contributed by atoms with Gasteiger partial charge in [0.15, 0.2) is 17.3 Å². The number of ether oxygens (including phenoxy) is 1. The van der Waals surface area contributed by atoms with E-state index < -0.39 is 23.0 Å². The van der Waals surface area contributed by atoms with Crippen LogP contribution in [-0.2, 0) is 17.8 Å². The molecule has 31 heavy (non-hydrogen) atoms. The van der Waals surface area contributed by atoms with Crippen molar-refractivity contribution in [3.63, 3.8) is 0 Å². The van der Waals surface area contributed by atoms with Gasteiger partial charge in [-0.05, 0) is 30.5 Å². The Morgan fingerprint density at radius 2 is 1.90 bits per heavy atom. The molecule has 0 bridgehead atoms. The molecular formula is C22H31FN4O4. The maximum atomic E-state index is 14.1. The van der Waals surface area contributed by atoms with E-state index in [0.717, 1.165) is 19.3 Å². The van der Waals surface area contributed by atoms with Gasteiger partial charge in [0.25, 0.3) is 5.56 Å². The SMILES string of the molecule is CCCCCN(C(=O)Cc1ccc(OC)c(F)c1)c1c(N)n(CCCC)c(=O)[nH]c1=O. The number of halogens is 1. The highest BCUT2D eigenvalue weighted by molar-refractivity contribution is 5.96. The van der Waals surface area contributed by atoms with Crippen LogP contribution in [0, 0.1) is 5.82 Å². The summed E-state index contributed by atoms with van der Waals surface area (Å²) in [6, 6.07) is 4.28. The van der Waals surface area contributed by atoms with Crippen LogP contribution in [0.4, 0.5) is 15.9 Å². The third-order valence-corrected chi connectivity index (χ3v) is 5.08. The zero-order valence-corrected chi connectivity index (χ0v) is 18.4. The Balaban J connectivity index is 2.44. The number of nitrogen functional groups attached to an aromatic ring is 1. The Morgan fingerprint density at radius 1 is 1.19 bits per heavy atom. The summed E-state index contributed by atoms with van der Waals surface area (Å²) in [5.74, 6) is -0.929. The van der Waals surface area contributed by atoms with Crippen molar-refractivity contribution >= 4 is 17.4 Å². The van der Waals surface area contributed by atoms with E-state index in [-0.39, 0.29) is 30.2 Å². The first-order valence-electron chi connectivity index (χ1n) is 10.6.